The Bertz CT molecular complexity index is 637. The number of rotatable bonds is 7. The third kappa shape index (κ3) is 4.72. The zero-order valence-corrected chi connectivity index (χ0v) is 12.7. The highest BCUT2D eigenvalue weighted by Gasteiger charge is 2.17. The van der Waals surface area contributed by atoms with Crippen molar-refractivity contribution in [1.82, 2.24) is 4.72 Å². The highest BCUT2D eigenvalue weighted by Crippen LogP contribution is 2.20. The molecule has 0 saturated carbocycles. The van der Waals surface area contributed by atoms with Gasteiger partial charge in [-0.1, -0.05) is 17.5 Å². The maximum absolute atomic E-state index is 11.9. The molecule has 0 saturated heterocycles. The van der Waals surface area contributed by atoms with Crippen LogP contribution in [0.1, 0.15) is 10.4 Å². The van der Waals surface area contributed by atoms with Gasteiger partial charge >= 0.3 is 5.97 Å². The molecule has 0 bridgehead atoms. The van der Waals surface area contributed by atoms with Gasteiger partial charge in [0.1, 0.15) is 0 Å². The minimum Gasteiger partial charge on any atom is -0.478 e. The van der Waals surface area contributed by atoms with Gasteiger partial charge in [-0.15, -0.1) is 18.2 Å². The fourth-order valence-electron chi connectivity index (χ4n) is 1.30. The Kier molecular flexibility index (Phi) is 6.36. The predicted molar refractivity (Wildman–Crippen MR) is 79.8 cm³/mol. The molecule has 0 atom stereocenters. The number of carboxylic acids is 1. The standard InChI is InChI=1S/C12H12ClNO4S2/c1-2-6-19-7-5-14-20(17,18)9-3-4-10(12(15)16)11(13)8-9/h1,3-4,8,14H,5-7H2,(H,15,16). The van der Waals surface area contributed by atoms with Gasteiger partial charge in [-0.25, -0.2) is 17.9 Å². The van der Waals surface area contributed by atoms with E-state index in [1.807, 2.05) is 0 Å². The third-order valence-corrected chi connectivity index (χ3v) is 4.84. The van der Waals surface area contributed by atoms with Crippen LogP contribution >= 0.6 is 23.4 Å². The lowest BCUT2D eigenvalue weighted by molar-refractivity contribution is 0.0697. The molecule has 108 valence electrons. The molecule has 5 nitrogen and oxygen atoms in total. The molecule has 0 aromatic heterocycles. The summed E-state index contributed by atoms with van der Waals surface area (Å²) in [6.45, 7) is 0.229. The van der Waals surface area contributed by atoms with Crippen molar-refractivity contribution < 1.29 is 18.3 Å². The van der Waals surface area contributed by atoms with Gasteiger partial charge in [0.2, 0.25) is 10.0 Å². The average Bonchev–Trinajstić information content (AvgIpc) is 2.37. The molecule has 2 N–H and O–H groups in total. The van der Waals surface area contributed by atoms with Crippen molar-refractivity contribution in [1.29, 1.82) is 0 Å². The van der Waals surface area contributed by atoms with Gasteiger partial charge in [-0.05, 0) is 18.2 Å². The van der Waals surface area contributed by atoms with E-state index in [1.165, 1.54) is 17.8 Å². The Labute approximate surface area is 126 Å². The van der Waals surface area contributed by atoms with Crippen LogP contribution in [0.3, 0.4) is 0 Å². The van der Waals surface area contributed by atoms with Gasteiger partial charge in [0.25, 0.3) is 0 Å². The Balaban J connectivity index is 2.76. The van der Waals surface area contributed by atoms with E-state index in [2.05, 4.69) is 10.6 Å². The minimum atomic E-state index is -3.70. The first kappa shape index (κ1) is 16.9. The summed E-state index contributed by atoms with van der Waals surface area (Å²) in [7, 11) is -3.70. The first-order chi connectivity index (χ1) is 9.38. The van der Waals surface area contributed by atoms with Crippen molar-refractivity contribution in [3.8, 4) is 12.3 Å². The SMILES string of the molecule is C#CCSCCNS(=O)(=O)c1ccc(C(=O)O)c(Cl)c1. The van der Waals surface area contributed by atoms with E-state index >= 15 is 0 Å². The number of carbonyl (C=O) groups is 1. The van der Waals surface area contributed by atoms with Crippen molar-refractivity contribution in [3.63, 3.8) is 0 Å². The molecule has 0 radical (unpaired) electrons. The number of benzene rings is 1. The van der Waals surface area contributed by atoms with Crippen LogP contribution < -0.4 is 4.72 Å². The van der Waals surface area contributed by atoms with Crippen LogP contribution in [-0.4, -0.2) is 37.5 Å². The zero-order chi connectivity index (χ0) is 15.2. The average molecular weight is 334 g/mol. The molecule has 1 rings (SSSR count). The molecular weight excluding hydrogens is 322 g/mol. The van der Waals surface area contributed by atoms with Crippen LogP contribution in [0, 0.1) is 12.3 Å². The van der Waals surface area contributed by atoms with Crippen molar-refractivity contribution in [3.05, 3.63) is 28.8 Å². The van der Waals surface area contributed by atoms with Gasteiger partial charge in [0.05, 0.1) is 21.2 Å². The number of aromatic carboxylic acids is 1. The summed E-state index contributed by atoms with van der Waals surface area (Å²) in [6, 6.07) is 3.47. The molecule has 0 aliphatic heterocycles. The highest BCUT2D eigenvalue weighted by molar-refractivity contribution is 7.99. The summed E-state index contributed by atoms with van der Waals surface area (Å²) in [5.41, 5.74) is -0.143. The molecule has 0 spiro atoms. The van der Waals surface area contributed by atoms with E-state index < -0.39 is 16.0 Å². The molecule has 0 heterocycles. The van der Waals surface area contributed by atoms with E-state index in [0.29, 0.717) is 11.5 Å². The third-order valence-electron chi connectivity index (χ3n) is 2.21. The number of sulfonamides is 1. The van der Waals surface area contributed by atoms with Gasteiger partial charge in [0.15, 0.2) is 0 Å². The first-order valence-electron chi connectivity index (χ1n) is 5.42. The number of terminal acetylenes is 1. The van der Waals surface area contributed by atoms with Gasteiger partial charge in [-0.2, -0.15) is 0 Å². The smallest absolute Gasteiger partial charge is 0.337 e. The monoisotopic (exact) mass is 333 g/mol. The Morgan fingerprint density at radius 1 is 1.50 bits per heavy atom. The van der Waals surface area contributed by atoms with Crippen LogP contribution in [0.15, 0.2) is 23.1 Å². The normalized spacial score (nSPS) is 11.0. The Hall–Kier alpha value is -1.20. The lowest BCUT2D eigenvalue weighted by Crippen LogP contribution is -2.26. The number of carboxylic acid groups (broad SMARTS) is 1. The fraction of sp³-hybridized carbons (Fsp3) is 0.250. The van der Waals surface area contributed by atoms with Crippen LogP contribution in [0.25, 0.3) is 0 Å². The summed E-state index contributed by atoms with van der Waals surface area (Å²) < 4.78 is 26.2. The van der Waals surface area contributed by atoms with E-state index in [-0.39, 0.29) is 22.0 Å². The lowest BCUT2D eigenvalue weighted by Gasteiger charge is -2.07. The van der Waals surface area contributed by atoms with Crippen LogP contribution in [0.4, 0.5) is 0 Å². The Morgan fingerprint density at radius 2 is 2.20 bits per heavy atom. The van der Waals surface area contributed by atoms with E-state index in [1.54, 1.807) is 0 Å². The number of nitrogens with one attached hydrogen (secondary N) is 1. The molecule has 0 aliphatic rings. The van der Waals surface area contributed by atoms with Crippen molar-refractivity contribution in [2.75, 3.05) is 18.1 Å². The molecule has 8 heteroatoms. The second-order valence-corrected chi connectivity index (χ2v) is 6.88. The zero-order valence-electron chi connectivity index (χ0n) is 10.3. The molecule has 0 unspecified atom stereocenters. The summed E-state index contributed by atoms with van der Waals surface area (Å²) >= 11 is 7.17. The second kappa shape index (κ2) is 7.55. The predicted octanol–water partition coefficient (Wildman–Crippen LogP) is 1.68. The summed E-state index contributed by atoms with van der Waals surface area (Å²) in [4.78, 5) is 10.7. The Morgan fingerprint density at radius 3 is 2.75 bits per heavy atom. The molecule has 20 heavy (non-hydrogen) atoms. The number of hydrogen-bond acceptors (Lipinski definition) is 4. The number of thioether (sulfide) groups is 1. The van der Waals surface area contributed by atoms with E-state index in [0.717, 1.165) is 12.1 Å². The summed E-state index contributed by atoms with van der Waals surface area (Å²) in [5.74, 6) is 2.28. The molecular formula is C12H12ClNO4S2. The van der Waals surface area contributed by atoms with E-state index in [4.69, 9.17) is 23.1 Å². The van der Waals surface area contributed by atoms with Crippen LogP contribution in [0.5, 0.6) is 0 Å². The fourth-order valence-corrected chi connectivity index (χ4v) is 3.32. The van der Waals surface area contributed by atoms with Crippen LogP contribution in [0.2, 0.25) is 5.02 Å². The van der Waals surface area contributed by atoms with Crippen molar-refractivity contribution in [2.24, 2.45) is 0 Å². The molecule has 0 amide bonds. The van der Waals surface area contributed by atoms with Crippen molar-refractivity contribution >= 4 is 39.4 Å². The molecule has 1 aromatic carbocycles. The maximum Gasteiger partial charge on any atom is 0.337 e. The van der Waals surface area contributed by atoms with E-state index in [9.17, 15) is 13.2 Å². The largest absolute Gasteiger partial charge is 0.478 e. The van der Waals surface area contributed by atoms with Gasteiger partial charge < -0.3 is 5.11 Å². The first-order valence-corrected chi connectivity index (χ1v) is 8.44. The second-order valence-electron chi connectivity index (χ2n) is 3.60. The van der Waals surface area contributed by atoms with Gasteiger partial charge in [-0.3, -0.25) is 0 Å². The molecule has 0 aliphatic carbocycles. The van der Waals surface area contributed by atoms with Crippen molar-refractivity contribution in [2.45, 2.75) is 4.90 Å². The maximum atomic E-state index is 11.9. The molecule has 1 aromatic rings. The topological polar surface area (TPSA) is 83.5 Å². The number of halogens is 1. The summed E-state index contributed by atoms with van der Waals surface area (Å²) in [6.07, 6.45) is 5.07. The molecule has 0 fully saturated rings. The van der Waals surface area contributed by atoms with Gasteiger partial charge in [0, 0.05) is 12.3 Å². The highest BCUT2D eigenvalue weighted by atomic mass is 35.5. The lowest BCUT2D eigenvalue weighted by atomic mass is 10.2. The quantitative estimate of drug-likeness (QED) is 0.586. The minimum absolute atomic E-state index is 0.0746. The summed E-state index contributed by atoms with van der Waals surface area (Å²) in [5, 5.41) is 8.69. The number of hydrogen-bond donors (Lipinski definition) is 2. The van der Waals surface area contributed by atoms with Crippen LogP contribution in [-0.2, 0) is 10.0 Å².